The number of rotatable bonds is 6. The Morgan fingerprint density at radius 1 is 1.14 bits per heavy atom. The van der Waals surface area contributed by atoms with E-state index in [9.17, 15) is 8.42 Å². The average molecular weight is 313 g/mol. The van der Waals surface area contributed by atoms with Crippen molar-refractivity contribution in [3.8, 4) is 0 Å². The van der Waals surface area contributed by atoms with Crippen molar-refractivity contribution in [3.05, 3.63) is 11.4 Å². The zero-order valence-electron chi connectivity index (χ0n) is 12.6. The fraction of sp³-hybridized carbons (Fsp3) is 0.769. The molecule has 0 amide bonds. The molecule has 1 fully saturated rings. The number of aromatic nitrogens is 3. The van der Waals surface area contributed by atoms with E-state index in [-0.39, 0.29) is 17.6 Å². The predicted octanol–water partition coefficient (Wildman–Crippen LogP) is 0.738. The van der Waals surface area contributed by atoms with Crippen LogP contribution >= 0.6 is 0 Å². The van der Waals surface area contributed by atoms with E-state index in [0.717, 1.165) is 43.7 Å². The summed E-state index contributed by atoms with van der Waals surface area (Å²) in [5.41, 5.74) is 1.62. The fourth-order valence-corrected chi connectivity index (χ4v) is 3.92. The lowest BCUT2D eigenvalue weighted by molar-refractivity contribution is 0.402. The molecule has 2 heterocycles. The number of hydrogen-bond acceptors (Lipinski definition) is 6. The third-order valence-electron chi connectivity index (χ3n) is 3.67. The zero-order chi connectivity index (χ0) is 15.3. The minimum atomic E-state index is -3.42. The third kappa shape index (κ3) is 4.60. The van der Waals surface area contributed by atoms with Crippen LogP contribution in [0.2, 0.25) is 0 Å². The van der Waals surface area contributed by atoms with Crippen LogP contribution in [0.3, 0.4) is 0 Å². The maximum atomic E-state index is 12.2. The molecule has 0 aromatic carbocycles. The summed E-state index contributed by atoms with van der Waals surface area (Å²) in [4.78, 5) is 4.26. The second-order valence-corrected chi connectivity index (χ2v) is 7.08. The molecule has 1 aromatic heterocycles. The molecule has 1 aliphatic rings. The molecule has 0 atom stereocenters. The minimum Gasteiger partial charge on any atom is -0.317 e. The molecule has 21 heavy (non-hydrogen) atoms. The molecule has 0 spiro atoms. The third-order valence-corrected chi connectivity index (χ3v) is 5.07. The molecule has 1 aromatic rings. The number of sulfonamides is 1. The molecular formula is C13H23N5O2S. The monoisotopic (exact) mass is 313 g/mol. The highest BCUT2D eigenvalue weighted by Gasteiger charge is 2.22. The molecule has 0 bridgehead atoms. The smallest absolute Gasteiger partial charge is 0.256 e. The second-order valence-electron chi connectivity index (χ2n) is 5.31. The summed E-state index contributed by atoms with van der Waals surface area (Å²) < 4.78 is 26.8. The van der Waals surface area contributed by atoms with E-state index in [0.29, 0.717) is 6.42 Å². The molecule has 1 aliphatic heterocycles. The normalized spacial score (nSPS) is 16.9. The van der Waals surface area contributed by atoms with Crippen molar-refractivity contribution in [3.63, 3.8) is 0 Å². The number of aryl methyl sites for hydroxylation is 2. The quantitative estimate of drug-likeness (QED) is 0.804. The molecule has 7 nitrogen and oxygen atoms in total. The van der Waals surface area contributed by atoms with Gasteiger partial charge in [-0.2, -0.15) is 0 Å². The number of piperidine rings is 1. The maximum absolute atomic E-state index is 12.2. The first kappa shape index (κ1) is 16.1. The van der Waals surface area contributed by atoms with Crippen LogP contribution in [0.5, 0.6) is 0 Å². The first-order valence-corrected chi connectivity index (χ1v) is 9.13. The van der Waals surface area contributed by atoms with E-state index in [1.807, 2.05) is 13.8 Å². The molecule has 0 unspecified atom stereocenters. The van der Waals surface area contributed by atoms with Gasteiger partial charge >= 0.3 is 0 Å². The van der Waals surface area contributed by atoms with Gasteiger partial charge in [0.2, 0.25) is 10.0 Å². The van der Waals surface area contributed by atoms with E-state index in [2.05, 4.69) is 25.2 Å². The summed E-state index contributed by atoms with van der Waals surface area (Å²) in [5, 5.41) is 11.2. The fourth-order valence-electron chi connectivity index (χ4n) is 2.52. The van der Waals surface area contributed by atoms with Crippen LogP contribution in [-0.4, -0.2) is 42.4 Å². The van der Waals surface area contributed by atoms with Crippen LogP contribution in [0.4, 0.5) is 5.95 Å². The number of anilines is 1. The van der Waals surface area contributed by atoms with Crippen molar-refractivity contribution in [2.45, 2.75) is 39.5 Å². The van der Waals surface area contributed by atoms with Gasteiger partial charge in [0.05, 0.1) is 17.1 Å². The predicted molar refractivity (Wildman–Crippen MR) is 81.6 cm³/mol. The van der Waals surface area contributed by atoms with Gasteiger partial charge < -0.3 is 5.32 Å². The van der Waals surface area contributed by atoms with Gasteiger partial charge in [0.15, 0.2) is 0 Å². The van der Waals surface area contributed by atoms with Crippen molar-refractivity contribution >= 4 is 16.0 Å². The molecule has 2 rings (SSSR count). The van der Waals surface area contributed by atoms with Crippen LogP contribution in [0.25, 0.3) is 0 Å². The minimum absolute atomic E-state index is 0.0815. The number of nitrogens with zero attached hydrogens (tertiary/aromatic N) is 3. The summed E-state index contributed by atoms with van der Waals surface area (Å²) in [7, 11) is -3.42. The lowest BCUT2D eigenvalue weighted by Gasteiger charge is -2.22. The van der Waals surface area contributed by atoms with E-state index in [1.165, 1.54) is 0 Å². The van der Waals surface area contributed by atoms with Gasteiger partial charge in [0.25, 0.3) is 5.95 Å². The van der Waals surface area contributed by atoms with E-state index >= 15 is 0 Å². The van der Waals surface area contributed by atoms with Gasteiger partial charge in [-0.25, -0.2) is 18.1 Å². The molecular weight excluding hydrogens is 290 g/mol. The van der Waals surface area contributed by atoms with Crippen molar-refractivity contribution < 1.29 is 8.42 Å². The summed E-state index contributed by atoms with van der Waals surface area (Å²) in [6.45, 7) is 5.70. The van der Waals surface area contributed by atoms with Crippen LogP contribution in [0, 0.1) is 5.92 Å². The molecule has 0 saturated carbocycles. The van der Waals surface area contributed by atoms with Crippen LogP contribution < -0.4 is 10.0 Å². The van der Waals surface area contributed by atoms with Gasteiger partial charge in [-0.15, -0.1) is 10.2 Å². The van der Waals surface area contributed by atoms with Crippen LogP contribution in [0.15, 0.2) is 0 Å². The molecule has 8 heteroatoms. The maximum Gasteiger partial charge on any atom is 0.256 e. The largest absolute Gasteiger partial charge is 0.317 e. The van der Waals surface area contributed by atoms with Gasteiger partial charge in [-0.05, 0) is 44.7 Å². The Morgan fingerprint density at radius 2 is 1.81 bits per heavy atom. The molecule has 118 valence electrons. The van der Waals surface area contributed by atoms with Crippen molar-refractivity contribution in [2.75, 3.05) is 23.6 Å². The Balaban J connectivity index is 2.05. The number of nitrogens with one attached hydrogen (secondary N) is 2. The van der Waals surface area contributed by atoms with Crippen LogP contribution in [0.1, 0.15) is 38.1 Å². The Kier molecular flexibility index (Phi) is 5.46. The molecule has 0 radical (unpaired) electrons. The lowest BCUT2D eigenvalue weighted by atomic mass is 10.0. The summed E-state index contributed by atoms with van der Waals surface area (Å²) in [6.07, 6.45) is 3.22. The highest BCUT2D eigenvalue weighted by Crippen LogP contribution is 2.15. The Labute approximate surface area is 126 Å². The average Bonchev–Trinajstić information content (AvgIpc) is 2.47. The summed E-state index contributed by atoms with van der Waals surface area (Å²) >= 11 is 0. The Morgan fingerprint density at radius 3 is 2.43 bits per heavy atom. The molecule has 2 N–H and O–H groups in total. The van der Waals surface area contributed by atoms with Crippen LogP contribution in [-0.2, 0) is 22.9 Å². The lowest BCUT2D eigenvalue weighted by Crippen LogP contribution is -2.33. The zero-order valence-corrected chi connectivity index (χ0v) is 13.4. The highest BCUT2D eigenvalue weighted by atomic mass is 32.2. The topological polar surface area (TPSA) is 96.9 Å². The van der Waals surface area contributed by atoms with Gasteiger partial charge in [-0.1, -0.05) is 13.8 Å². The van der Waals surface area contributed by atoms with E-state index < -0.39 is 10.0 Å². The SMILES string of the molecule is CCc1nnc(NS(=O)(=O)CC2CCNCC2)nc1CC. The second kappa shape index (κ2) is 7.13. The van der Waals surface area contributed by atoms with Crippen molar-refractivity contribution in [1.29, 1.82) is 0 Å². The highest BCUT2D eigenvalue weighted by molar-refractivity contribution is 7.92. The van der Waals surface area contributed by atoms with Gasteiger partial charge in [0.1, 0.15) is 0 Å². The Bertz CT molecular complexity index is 570. The van der Waals surface area contributed by atoms with E-state index in [4.69, 9.17) is 0 Å². The first-order chi connectivity index (χ1) is 10.0. The summed E-state index contributed by atoms with van der Waals surface area (Å²) in [5.74, 6) is 0.393. The van der Waals surface area contributed by atoms with Gasteiger partial charge in [-0.3, -0.25) is 0 Å². The molecule has 0 aliphatic carbocycles. The van der Waals surface area contributed by atoms with Gasteiger partial charge in [0, 0.05) is 0 Å². The summed E-state index contributed by atoms with van der Waals surface area (Å²) in [6, 6.07) is 0. The van der Waals surface area contributed by atoms with E-state index in [1.54, 1.807) is 0 Å². The van der Waals surface area contributed by atoms with Crippen molar-refractivity contribution in [2.24, 2.45) is 5.92 Å². The number of hydrogen-bond donors (Lipinski definition) is 2. The Hall–Kier alpha value is -1.28. The first-order valence-electron chi connectivity index (χ1n) is 7.47. The standard InChI is InChI=1S/C13H23N5O2S/c1-3-11-12(4-2)16-17-13(15-11)18-21(19,20)9-10-5-7-14-8-6-10/h10,14H,3-9H2,1-2H3,(H,15,17,18). The van der Waals surface area contributed by atoms with Crippen molar-refractivity contribution in [1.82, 2.24) is 20.5 Å². The molecule has 1 saturated heterocycles.